The van der Waals surface area contributed by atoms with E-state index in [4.69, 9.17) is 4.74 Å². The van der Waals surface area contributed by atoms with E-state index in [2.05, 4.69) is 10.6 Å². The van der Waals surface area contributed by atoms with E-state index in [0.29, 0.717) is 18.5 Å². The predicted octanol–water partition coefficient (Wildman–Crippen LogP) is 2.98. The van der Waals surface area contributed by atoms with E-state index in [-0.39, 0.29) is 18.5 Å². The van der Waals surface area contributed by atoms with Gasteiger partial charge in [-0.2, -0.15) is 0 Å². The van der Waals surface area contributed by atoms with Crippen LogP contribution in [-0.4, -0.2) is 26.1 Å². The van der Waals surface area contributed by atoms with Crippen LogP contribution in [0.5, 0.6) is 5.75 Å². The van der Waals surface area contributed by atoms with E-state index in [1.165, 1.54) is 6.07 Å². The standard InChI is InChI=1S/C19H22F2N2O2/c1-13(15-7-8-16(20)17(21)11-15)23-12-19(24)22-10-9-14-5-3-4-6-18(14)25-2/h3-8,11,13,23H,9-10,12H2,1-2H3,(H,22,24)/t13-/m0/s1. The van der Waals surface area contributed by atoms with Crippen molar-refractivity contribution in [2.45, 2.75) is 19.4 Å². The fourth-order valence-electron chi connectivity index (χ4n) is 2.45. The van der Waals surface area contributed by atoms with E-state index in [1.807, 2.05) is 24.3 Å². The number of benzene rings is 2. The van der Waals surface area contributed by atoms with Gasteiger partial charge < -0.3 is 15.4 Å². The van der Waals surface area contributed by atoms with Gasteiger partial charge in [0.1, 0.15) is 5.75 Å². The van der Waals surface area contributed by atoms with E-state index < -0.39 is 11.6 Å². The zero-order valence-corrected chi connectivity index (χ0v) is 14.3. The molecule has 1 atom stereocenters. The smallest absolute Gasteiger partial charge is 0.233 e. The first-order valence-corrected chi connectivity index (χ1v) is 8.08. The summed E-state index contributed by atoms with van der Waals surface area (Å²) in [6.07, 6.45) is 0.661. The Balaban J connectivity index is 1.75. The number of carbonyl (C=O) groups is 1. The van der Waals surface area contributed by atoms with Crippen molar-refractivity contribution in [2.24, 2.45) is 0 Å². The molecule has 2 aromatic carbocycles. The van der Waals surface area contributed by atoms with Crippen LogP contribution in [0.3, 0.4) is 0 Å². The number of hydrogen-bond donors (Lipinski definition) is 2. The highest BCUT2D eigenvalue weighted by Crippen LogP contribution is 2.17. The van der Waals surface area contributed by atoms with Crippen molar-refractivity contribution in [2.75, 3.05) is 20.2 Å². The maximum Gasteiger partial charge on any atom is 0.233 e. The molecule has 6 heteroatoms. The quantitative estimate of drug-likeness (QED) is 0.771. The summed E-state index contributed by atoms with van der Waals surface area (Å²) in [5, 5.41) is 5.81. The summed E-state index contributed by atoms with van der Waals surface area (Å²) in [6, 6.07) is 11.1. The van der Waals surface area contributed by atoms with Crippen molar-refractivity contribution in [3.63, 3.8) is 0 Å². The van der Waals surface area contributed by atoms with Gasteiger partial charge in [-0.1, -0.05) is 24.3 Å². The van der Waals surface area contributed by atoms with Crippen molar-refractivity contribution >= 4 is 5.91 Å². The molecule has 25 heavy (non-hydrogen) atoms. The Bertz CT molecular complexity index is 722. The second-order valence-electron chi connectivity index (χ2n) is 5.69. The fraction of sp³-hybridized carbons (Fsp3) is 0.316. The summed E-state index contributed by atoms with van der Waals surface area (Å²) in [5.74, 6) is -1.15. The summed E-state index contributed by atoms with van der Waals surface area (Å²) in [6.45, 7) is 2.36. The molecular formula is C19H22F2N2O2. The average molecular weight is 348 g/mol. The van der Waals surface area contributed by atoms with Crippen LogP contribution in [0.1, 0.15) is 24.1 Å². The van der Waals surface area contributed by atoms with Crippen LogP contribution >= 0.6 is 0 Å². The van der Waals surface area contributed by atoms with Crippen molar-refractivity contribution in [3.05, 3.63) is 65.2 Å². The third-order valence-corrected chi connectivity index (χ3v) is 3.92. The molecule has 0 aliphatic carbocycles. The first kappa shape index (κ1) is 18.9. The summed E-state index contributed by atoms with van der Waals surface area (Å²) in [5.41, 5.74) is 1.61. The molecule has 2 N–H and O–H groups in total. The number of amides is 1. The maximum absolute atomic E-state index is 13.2. The first-order chi connectivity index (χ1) is 12.0. The number of carbonyl (C=O) groups excluding carboxylic acids is 1. The molecule has 0 saturated heterocycles. The maximum atomic E-state index is 13.2. The number of halogens is 2. The number of para-hydroxylation sites is 1. The average Bonchev–Trinajstić information content (AvgIpc) is 2.62. The van der Waals surface area contributed by atoms with Crippen molar-refractivity contribution < 1.29 is 18.3 Å². The molecule has 0 aliphatic rings. The van der Waals surface area contributed by atoms with Gasteiger partial charge in [0.05, 0.1) is 13.7 Å². The van der Waals surface area contributed by atoms with E-state index >= 15 is 0 Å². The van der Waals surface area contributed by atoms with Gasteiger partial charge in [-0.3, -0.25) is 4.79 Å². The van der Waals surface area contributed by atoms with Crippen LogP contribution in [0.25, 0.3) is 0 Å². The molecule has 0 heterocycles. The lowest BCUT2D eigenvalue weighted by atomic mass is 10.1. The molecule has 134 valence electrons. The van der Waals surface area contributed by atoms with Gasteiger partial charge in [0.25, 0.3) is 0 Å². The van der Waals surface area contributed by atoms with Crippen LogP contribution in [0.2, 0.25) is 0 Å². The van der Waals surface area contributed by atoms with Crippen molar-refractivity contribution in [1.82, 2.24) is 10.6 Å². The Labute approximate surface area is 146 Å². The number of nitrogens with one attached hydrogen (secondary N) is 2. The lowest BCUT2D eigenvalue weighted by molar-refractivity contribution is -0.120. The number of methoxy groups -OCH3 is 1. The third-order valence-electron chi connectivity index (χ3n) is 3.92. The molecule has 0 saturated carbocycles. The monoisotopic (exact) mass is 348 g/mol. The van der Waals surface area contributed by atoms with Crippen LogP contribution < -0.4 is 15.4 Å². The van der Waals surface area contributed by atoms with Crippen LogP contribution in [0.4, 0.5) is 8.78 Å². The van der Waals surface area contributed by atoms with Gasteiger partial charge in [-0.05, 0) is 42.7 Å². The highest BCUT2D eigenvalue weighted by Gasteiger charge is 2.10. The molecule has 4 nitrogen and oxygen atoms in total. The Hall–Kier alpha value is -2.47. The Morgan fingerprint density at radius 3 is 2.64 bits per heavy atom. The minimum absolute atomic E-state index is 0.0894. The molecule has 2 aromatic rings. The van der Waals surface area contributed by atoms with E-state index in [0.717, 1.165) is 23.4 Å². The zero-order valence-electron chi connectivity index (χ0n) is 14.3. The number of hydrogen-bond acceptors (Lipinski definition) is 3. The molecule has 0 bridgehead atoms. The molecule has 0 radical (unpaired) electrons. The molecule has 1 amide bonds. The summed E-state index contributed by atoms with van der Waals surface area (Å²) in [4.78, 5) is 11.9. The molecule has 0 aromatic heterocycles. The fourth-order valence-corrected chi connectivity index (χ4v) is 2.45. The van der Waals surface area contributed by atoms with Gasteiger partial charge in [-0.15, -0.1) is 0 Å². The van der Waals surface area contributed by atoms with Crippen LogP contribution in [0, 0.1) is 11.6 Å². The molecule has 2 rings (SSSR count). The minimum atomic E-state index is -0.896. The summed E-state index contributed by atoms with van der Waals surface area (Å²) < 4.78 is 31.4. The Kier molecular flexibility index (Phi) is 6.89. The third kappa shape index (κ3) is 5.53. The molecule has 0 aliphatic heterocycles. The van der Waals surface area contributed by atoms with Crippen molar-refractivity contribution in [1.29, 1.82) is 0 Å². The van der Waals surface area contributed by atoms with Crippen LogP contribution in [-0.2, 0) is 11.2 Å². The number of ether oxygens (including phenoxy) is 1. The highest BCUT2D eigenvalue weighted by atomic mass is 19.2. The largest absolute Gasteiger partial charge is 0.496 e. The lowest BCUT2D eigenvalue weighted by Crippen LogP contribution is -2.36. The summed E-state index contributed by atoms with van der Waals surface area (Å²) in [7, 11) is 1.61. The van der Waals surface area contributed by atoms with Gasteiger partial charge in [-0.25, -0.2) is 8.78 Å². The predicted molar refractivity (Wildman–Crippen MR) is 92.5 cm³/mol. The summed E-state index contributed by atoms with van der Waals surface area (Å²) >= 11 is 0. The molecule has 0 spiro atoms. The van der Waals surface area contributed by atoms with Gasteiger partial charge >= 0.3 is 0 Å². The minimum Gasteiger partial charge on any atom is -0.496 e. The van der Waals surface area contributed by atoms with E-state index in [1.54, 1.807) is 14.0 Å². The Morgan fingerprint density at radius 1 is 1.16 bits per heavy atom. The van der Waals surface area contributed by atoms with Crippen LogP contribution in [0.15, 0.2) is 42.5 Å². The van der Waals surface area contributed by atoms with E-state index in [9.17, 15) is 13.6 Å². The van der Waals surface area contributed by atoms with Gasteiger partial charge in [0, 0.05) is 12.6 Å². The van der Waals surface area contributed by atoms with Gasteiger partial charge in [0.2, 0.25) is 5.91 Å². The lowest BCUT2D eigenvalue weighted by Gasteiger charge is -2.14. The van der Waals surface area contributed by atoms with Crippen molar-refractivity contribution in [3.8, 4) is 5.75 Å². The Morgan fingerprint density at radius 2 is 1.92 bits per heavy atom. The second-order valence-corrected chi connectivity index (χ2v) is 5.69. The molecule has 0 unspecified atom stereocenters. The normalized spacial score (nSPS) is 11.8. The topological polar surface area (TPSA) is 50.4 Å². The first-order valence-electron chi connectivity index (χ1n) is 8.08. The molecule has 0 fully saturated rings. The second kappa shape index (κ2) is 9.13. The number of rotatable bonds is 8. The highest BCUT2D eigenvalue weighted by molar-refractivity contribution is 5.78. The van der Waals surface area contributed by atoms with Gasteiger partial charge in [0.15, 0.2) is 11.6 Å². The zero-order chi connectivity index (χ0) is 18.2. The molecular weight excluding hydrogens is 326 g/mol. The SMILES string of the molecule is COc1ccccc1CCNC(=O)CN[C@@H](C)c1ccc(F)c(F)c1.